The molecule has 0 saturated carbocycles. The number of aromatic nitrogens is 1. The molecule has 0 fully saturated rings. The minimum absolute atomic E-state index is 0.313. The summed E-state index contributed by atoms with van der Waals surface area (Å²) in [6.07, 6.45) is 1.71. The molecule has 1 aromatic rings. The Labute approximate surface area is 86.1 Å². The molecule has 0 radical (unpaired) electrons. The van der Waals surface area contributed by atoms with Crippen LogP contribution in [-0.4, -0.2) is 28.1 Å². The monoisotopic (exact) mass is 209 g/mol. The number of amides is 1. The van der Waals surface area contributed by atoms with Crippen molar-refractivity contribution in [2.45, 2.75) is 12.6 Å². The molecule has 1 atom stereocenters. The number of nitrogens with two attached hydrogens (primary N) is 1. The van der Waals surface area contributed by atoms with Gasteiger partial charge in [-0.25, -0.2) is 0 Å². The summed E-state index contributed by atoms with van der Waals surface area (Å²) in [4.78, 5) is 25.5. The van der Waals surface area contributed by atoms with Gasteiger partial charge in [-0.2, -0.15) is 0 Å². The fraction of sp³-hybridized carbons (Fsp3) is 0.222. The predicted octanol–water partition coefficient (Wildman–Crippen LogP) is -0.429. The summed E-state index contributed by atoms with van der Waals surface area (Å²) >= 11 is 0. The van der Waals surface area contributed by atoms with E-state index < -0.39 is 18.0 Å². The lowest BCUT2D eigenvalue weighted by molar-refractivity contribution is -0.137. The first kappa shape index (κ1) is 11.1. The van der Waals surface area contributed by atoms with E-state index in [9.17, 15) is 9.59 Å². The summed E-state index contributed by atoms with van der Waals surface area (Å²) < 4.78 is 0. The van der Waals surface area contributed by atoms with Gasteiger partial charge in [-0.05, 0) is 12.1 Å². The van der Waals surface area contributed by atoms with Gasteiger partial charge in [-0.15, -0.1) is 0 Å². The molecular formula is C9H11N3O3. The van der Waals surface area contributed by atoms with Crippen LogP contribution in [0.1, 0.15) is 16.8 Å². The zero-order valence-corrected chi connectivity index (χ0v) is 7.88. The predicted molar refractivity (Wildman–Crippen MR) is 51.9 cm³/mol. The largest absolute Gasteiger partial charge is 0.481 e. The maximum absolute atomic E-state index is 11.4. The Morgan fingerprint density at radius 3 is 2.87 bits per heavy atom. The van der Waals surface area contributed by atoms with E-state index in [1.165, 1.54) is 12.4 Å². The number of carbonyl (C=O) groups is 2. The van der Waals surface area contributed by atoms with Gasteiger partial charge in [0.05, 0.1) is 18.2 Å². The molecule has 6 nitrogen and oxygen atoms in total. The molecule has 1 amide bonds. The molecule has 0 saturated heterocycles. The van der Waals surface area contributed by atoms with E-state index in [2.05, 4.69) is 10.3 Å². The molecule has 0 aliphatic carbocycles. The van der Waals surface area contributed by atoms with Crippen LogP contribution >= 0.6 is 0 Å². The number of hydrogen-bond acceptors (Lipinski definition) is 4. The molecule has 0 spiro atoms. The van der Waals surface area contributed by atoms with Crippen molar-refractivity contribution in [3.8, 4) is 0 Å². The molecule has 80 valence electrons. The first-order valence-corrected chi connectivity index (χ1v) is 4.28. The van der Waals surface area contributed by atoms with Crippen LogP contribution < -0.4 is 11.1 Å². The Kier molecular flexibility index (Phi) is 3.75. The minimum atomic E-state index is -1.06. The highest BCUT2D eigenvalue weighted by Crippen LogP contribution is 1.96. The van der Waals surface area contributed by atoms with Crippen molar-refractivity contribution < 1.29 is 14.7 Å². The number of pyridine rings is 1. The van der Waals surface area contributed by atoms with E-state index in [1.54, 1.807) is 12.1 Å². The van der Waals surface area contributed by atoms with Crippen molar-refractivity contribution in [1.82, 2.24) is 10.3 Å². The fourth-order valence-corrected chi connectivity index (χ4v) is 0.988. The first-order valence-electron chi connectivity index (χ1n) is 4.28. The Morgan fingerprint density at radius 2 is 2.33 bits per heavy atom. The van der Waals surface area contributed by atoms with Crippen LogP contribution in [0.4, 0.5) is 0 Å². The van der Waals surface area contributed by atoms with Crippen molar-refractivity contribution >= 4 is 11.9 Å². The number of carbonyl (C=O) groups excluding carboxylic acids is 1. The number of nitrogens with zero attached hydrogens (tertiary/aromatic N) is 1. The highest BCUT2D eigenvalue weighted by atomic mass is 16.4. The number of rotatable bonds is 4. The standard InChI is InChI=1S/C9H11N3O3/c10-7(4-8(13)14)12-9(15)6-2-1-3-11-5-6/h1-3,5,7H,4,10H2,(H,12,15)(H,13,14). The van der Waals surface area contributed by atoms with Gasteiger partial charge in [-0.1, -0.05) is 0 Å². The number of hydrogen-bond donors (Lipinski definition) is 3. The van der Waals surface area contributed by atoms with Gasteiger partial charge < -0.3 is 16.2 Å². The number of carboxylic acid groups (broad SMARTS) is 1. The lowest BCUT2D eigenvalue weighted by Gasteiger charge is -2.10. The molecule has 1 heterocycles. The second-order valence-electron chi connectivity index (χ2n) is 2.92. The third-order valence-corrected chi connectivity index (χ3v) is 1.63. The summed E-state index contributed by atoms with van der Waals surface area (Å²) in [6, 6.07) is 3.17. The van der Waals surface area contributed by atoms with Crippen LogP contribution in [0.15, 0.2) is 24.5 Å². The van der Waals surface area contributed by atoms with Gasteiger partial charge >= 0.3 is 5.97 Å². The summed E-state index contributed by atoms with van der Waals surface area (Å²) in [6.45, 7) is 0. The topological polar surface area (TPSA) is 105 Å². The van der Waals surface area contributed by atoms with Crippen LogP contribution in [0.5, 0.6) is 0 Å². The second kappa shape index (κ2) is 5.06. The van der Waals surface area contributed by atoms with E-state index in [0.717, 1.165) is 0 Å². The second-order valence-corrected chi connectivity index (χ2v) is 2.92. The summed E-state index contributed by atoms with van der Waals surface area (Å²) in [5.74, 6) is -1.49. The highest BCUT2D eigenvalue weighted by molar-refractivity contribution is 5.94. The van der Waals surface area contributed by atoms with E-state index in [-0.39, 0.29) is 6.42 Å². The van der Waals surface area contributed by atoms with Crippen LogP contribution in [0, 0.1) is 0 Å². The van der Waals surface area contributed by atoms with Crippen LogP contribution in [0.3, 0.4) is 0 Å². The van der Waals surface area contributed by atoms with E-state index in [4.69, 9.17) is 10.8 Å². The third kappa shape index (κ3) is 3.74. The molecule has 0 aliphatic heterocycles. The quantitative estimate of drug-likeness (QED) is 0.583. The molecule has 0 aromatic carbocycles. The van der Waals surface area contributed by atoms with E-state index in [0.29, 0.717) is 5.56 Å². The van der Waals surface area contributed by atoms with Crippen molar-refractivity contribution in [3.63, 3.8) is 0 Å². The lowest BCUT2D eigenvalue weighted by Crippen LogP contribution is -2.42. The average Bonchev–Trinajstić information content (AvgIpc) is 2.17. The smallest absolute Gasteiger partial charge is 0.306 e. The Morgan fingerprint density at radius 1 is 1.60 bits per heavy atom. The van der Waals surface area contributed by atoms with E-state index >= 15 is 0 Å². The summed E-state index contributed by atoms with van der Waals surface area (Å²) in [7, 11) is 0. The molecule has 1 aromatic heterocycles. The summed E-state index contributed by atoms with van der Waals surface area (Å²) in [5.41, 5.74) is 5.73. The third-order valence-electron chi connectivity index (χ3n) is 1.63. The fourth-order valence-electron chi connectivity index (χ4n) is 0.988. The molecule has 1 rings (SSSR count). The van der Waals surface area contributed by atoms with Crippen LogP contribution in [0.25, 0.3) is 0 Å². The number of carboxylic acids is 1. The molecule has 0 aliphatic rings. The molecule has 4 N–H and O–H groups in total. The Hall–Kier alpha value is -1.95. The molecule has 6 heteroatoms. The van der Waals surface area contributed by atoms with Crippen molar-refractivity contribution in [3.05, 3.63) is 30.1 Å². The van der Waals surface area contributed by atoms with Gasteiger partial charge in [0, 0.05) is 12.4 Å². The molecule has 15 heavy (non-hydrogen) atoms. The summed E-state index contributed by atoms with van der Waals surface area (Å²) in [5, 5.41) is 10.8. The SMILES string of the molecule is NC(CC(=O)O)NC(=O)c1cccnc1. The first-order chi connectivity index (χ1) is 7.09. The zero-order valence-electron chi connectivity index (χ0n) is 7.88. The Bertz CT molecular complexity index is 353. The van der Waals surface area contributed by atoms with Gasteiger partial charge in [0.2, 0.25) is 0 Å². The van der Waals surface area contributed by atoms with Crippen LogP contribution in [-0.2, 0) is 4.79 Å². The Balaban J connectivity index is 2.53. The zero-order chi connectivity index (χ0) is 11.3. The maximum atomic E-state index is 11.4. The van der Waals surface area contributed by atoms with Crippen LogP contribution in [0.2, 0.25) is 0 Å². The van der Waals surface area contributed by atoms with Crippen molar-refractivity contribution in [1.29, 1.82) is 0 Å². The minimum Gasteiger partial charge on any atom is -0.481 e. The van der Waals surface area contributed by atoms with E-state index in [1.807, 2.05) is 0 Å². The molecule has 0 bridgehead atoms. The highest BCUT2D eigenvalue weighted by Gasteiger charge is 2.12. The number of nitrogens with one attached hydrogen (secondary N) is 1. The van der Waals surface area contributed by atoms with Crippen molar-refractivity contribution in [2.75, 3.05) is 0 Å². The lowest BCUT2D eigenvalue weighted by atomic mass is 10.2. The maximum Gasteiger partial charge on any atom is 0.306 e. The average molecular weight is 209 g/mol. The van der Waals surface area contributed by atoms with Crippen molar-refractivity contribution in [2.24, 2.45) is 5.73 Å². The normalized spacial score (nSPS) is 11.8. The van der Waals surface area contributed by atoms with Gasteiger partial charge in [-0.3, -0.25) is 14.6 Å². The van der Waals surface area contributed by atoms with Gasteiger partial charge in [0.25, 0.3) is 5.91 Å². The molecular weight excluding hydrogens is 198 g/mol. The number of aliphatic carboxylic acids is 1. The van der Waals surface area contributed by atoms with Gasteiger partial charge in [0.1, 0.15) is 0 Å². The molecule has 1 unspecified atom stereocenters. The van der Waals surface area contributed by atoms with Gasteiger partial charge in [0.15, 0.2) is 0 Å².